The molecule has 0 aliphatic carbocycles. The lowest BCUT2D eigenvalue weighted by Gasteiger charge is -2.32. The molecule has 2 aromatic carbocycles. The topological polar surface area (TPSA) is 110 Å². The van der Waals surface area contributed by atoms with Crippen molar-refractivity contribution in [2.45, 2.75) is 11.8 Å². The summed E-state index contributed by atoms with van der Waals surface area (Å²) in [5.74, 6) is -0.626. The van der Waals surface area contributed by atoms with Crippen LogP contribution in [-0.2, 0) is 20.6 Å². The third kappa shape index (κ3) is 5.13. The number of thiophene rings is 1. The molecule has 2 N–H and O–H groups in total. The quantitative estimate of drug-likeness (QED) is 0.326. The van der Waals surface area contributed by atoms with Crippen molar-refractivity contribution in [2.24, 2.45) is 0 Å². The lowest BCUT2D eigenvalue weighted by atomic mass is 10.1. The van der Waals surface area contributed by atoms with Gasteiger partial charge < -0.3 is 10.1 Å². The summed E-state index contributed by atoms with van der Waals surface area (Å²) in [7, 11) is -2.39. The summed E-state index contributed by atoms with van der Waals surface area (Å²) in [6.45, 7) is -0.281. The van der Waals surface area contributed by atoms with Gasteiger partial charge in [-0.15, -0.1) is 11.3 Å². The van der Waals surface area contributed by atoms with Crippen LogP contribution in [0.5, 0.6) is 0 Å². The summed E-state index contributed by atoms with van der Waals surface area (Å²) >= 11 is 1.58. The van der Waals surface area contributed by atoms with E-state index in [1.54, 1.807) is 41.7 Å². The SMILES string of the molecule is CN1CC(=O)N(CCN([C@@H](CNO)c2ccccc2)S(=O)(=O)Cc2ccc3sccc3c2)C1=O. The van der Waals surface area contributed by atoms with E-state index in [2.05, 4.69) is 5.48 Å². The highest BCUT2D eigenvalue weighted by Crippen LogP contribution is 2.28. The van der Waals surface area contributed by atoms with Crippen molar-refractivity contribution in [2.75, 3.05) is 33.2 Å². The van der Waals surface area contributed by atoms with Gasteiger partial charge in [-0.25, -0.2) is 18.7 Å². The highest BCUT2D eigenvalue weighted by molar-refractivity contribution is 7.88. The van der Waals surface area contributed by atoms with Gasteiger partial charge in [-0.05, 0) is 40.1 Å². The molecule has 1 saturated heterocycles. The van der Waals surface area contributed by atoms with Gasteiger partial charge in [-0.1, -0.05) is 36.4 Å². The number of fused-ring (bicyclic) bond motifs is 1. The van der Waals surface area contributed by atoms with Gasteiger partial charge in [0, 0.05) is 31.4 Å². The number of nitrogens with zero attached hydrogens (tertiary/aromatic N) is 3. The molecule has 11 heteroatoms. The number of urea groups is 1. The van der Waals surface area contributed by atoms with Gasteiger partial charge in [0.05, 0.1) is 11.8 Å². The van der Waals surface area contributed by atoms with Crippen molar-refractivity contribution in [3.63, 3.8) is 0 Å². The van der Waals surface area contributed by atoms with Crippen molar-refractivity contribution < 1.29 is 23.2 Å². The standard InChI is InChI=1S/C23H26N4O5S2/c1-25-15-22(28)26(23(25)29)10-11-27(20(14-24-30)18-5-3-2-4-6-18)34(31,32)16-17-7-8-21-19(13-17)9-12-33-21/h2-9,12-13,20,24,30H,10-11,14-16H2,1H3/t20-/m0/s1. The van der Waals surface area contributed by atoms with E-state index < -0.39 is 22.1 Å². The van der Waals surface area contributed by atoms with E-state index in [1.165, 1.54) is 16.3 Å². The molecule has 4 rings (SSSR count). The lowest BCUT2D eigenvalue weighted by Crippen LogP contribution is -2.45. The van der Waals surface area contributed by atoms with Crippen LogP contribution >= 0.6 is 11.3 Å². The highest BCUT2D eigenvalue weighted by atomic mass is 32.2. The maximum atomic E-state index is 13.7. The van der Waals surface area contributed by atoms with Gasteiger partial charge in [0.15, 0.2) is 0 Å². The van der Waals surface area contributed by atoms with Gasteiger partial charge in [0.25, 0.3) is 0 Å². The first-order valence-electron chi connectivity index (χ1n) is 10.7. The number of nitrogens with one attached hydrogen (secondary N) is 1. The summed E-state index contributed by atoms with van der Waals surface area (Å²) in [5, 5.41) is 12.4. The first-order chi connectivity index (χ1) is 16.3. The number of hydrogen-bond donors (Lipinski definition) is 2. The maximum absolute atomic E-state index is 13.7. The Kier molecular flexibility index (Phi) is 7.29. The molecule has 1 aliphatic heterocycles. The van der Waals surface area contributed by atoms with E-state index in [9.17, 15) is 23.2 Å². The molecule has 0 radical (unpaired) electrons. The Bertz CT molecular complexity index is 1280. The van der Waals surface area contributed by atoms with Crippen LogP contribution in [-0.4, -0.2) is 72.9 Å². The number of likely N-dealkylation sites (N-methyl/N-ethyl adjacent to an activating group) is 1. The Balaban J connectivity index is 1.66. The summed E-state index contributed by atoms with van der Waals surface area (Å²) in [6.07, 6.45) is 0. The van der Waals surface area contributed by atoms with Crippen LogP contribution in [0.3, 0.4) is 0 Å². The van der Waals surface area contributed by atoms with Crippen LogP contribution in [0, 0.1) is 0 Å². The van der Waals surface area contributed by atoms with Gasteiger partial charge in [0.2, 0.25) is 15.9 Å². The van der Waals surface area contributed by atoms with Gasteiger partial charge in [0.1, 0.15) is 6.54 Å². The third-order valence-corrected chi connectivity index (χ3v) is 8.56. The molecule has 9 nitrogen and oxygen atoms in total. The molecular formula is C23H26N4O5S2. The minimum absolute atomic E-state index is 0.0352. The second-order valence-corrected chi connectivity index (χ2v) is 11.0. The Morgan fingerprint density at radius 1 is 1.15 bits per heavy atom. The van der Waals surface area contributed by atoms with E-state index in [-0.39, 0.29) is 37.8 Å². The monoisotopic (exact) mass is 502 g/mol. The summed E-state index contributed by atoms with van der Waals surface area (Å²) < 4.78 is 29.8. The second-order valence-electron chi connectivity index (χ2n) is 8.13. The smallest absolute Gasteiger partial charge is 0.318 e. The fourth-order valence-electron chi connectivity index (χ4n) is 4.12. The maximum Gasteiger partial charge on any atom is 0.327 e. The first-order valence-corrected chi connectivity index (χ1v) is 13.2. The van der Waals surface area contributed by atoms with Crippen molar-refractivity contribution in [1.29, 1.82) is 0 Å². The van der Waals surface area contributed by atoms with Crippen molar-refractivity contribution >= 4 is 43.4 Å². The number of rotatable bonds is 10. The molecule has 3 aromatic rings. The van der Waals surface area contributed by atoms with Crippen LogP contribution in [0.4, 0.5) is 4.79 Å². The van der Waals surface area contributed by atoms with Crippen molar-refractivity contribution in [3.05, 3.63) is 71.1 Å². The van der Waals surface area contributed by atoms with E-state index >= 15 is 0 Å². The third-order valence-electron chi connectivity index (χ3n) is 5.81. The number of benzene rings is 2. The molecule has 180 valence electrons. The van der Waals surface area contributed by atoms with Crippen LogP contribution < -0.4 is 5.48 Å². The predicted molar refractivity (Wildman–Crippen MR) is 130 cm³/mol. The molecule has 1 fully saturated rings. The number of carbonyl (C=O) groups is 2. The molecule has 0 saturated carbocycles. The fourth-order valence-corrected chi connectivity index (χ4v) is 6.60. The Labute approximate surface area is 202 Å². The number of sulfonamides is 1. The number of hydrogen-bond acceptors (Lipinski definition) is 7. The van der Waals surface area contributed by atoms with E-state index in [1.807, 2.05) is 29.6 Å². The van der Waals surface area contributed by atoms with E-state index in [0.717, 1.165) is 15.0 Å². The normalized spacial score (nSPS) is 15.6. The summed E-state index contributed by atoms with van der Waals surface area (Å²) in [4.78, 5) is 27.0. The Morgan fingerprint density at radius 2 is 1.91 bits per heavy atom. The van der Waals surface area contributed by atoms with Crippen LogP contribution in [0.15, 0.2) is 60.0 Å². The number of amides is 3. The predicted octanol–water partition coefficient (Wildman–Crippen LogP) is 2.65. The van der Waals surface area contributed by atoms with E-state index in [0.29, 0.717) is 11.1 Å². The van der Waals surface area contributed by atoms with E-state index in [4.69, 9.17) is 0 Å². The summed E-state index contributed by atoms with van der Waals surface area (Å²) in [6, 6.07) is 15.2. The number of hydroxylamine groups is 1. The Hall–Kier alpha value is -2.83. The minimum Gasteiger partial charge on any atom is -0.318 e. The number of carbonyl (C=O) groups excluding carboxylic acids is 2. The first kappa shape index (κ1) is 24.3. The molecule has 1 atom stereocenters. The average Bonchev–Trinajstić information content (AvgIpc) is 3.37. The largest absolute Gasteiger partial charge is 0.327 e. The molecule has 1 aromatic heterocycles. The lowest BCUT2D eigenvalue weighted by molar-refractivity contribution is -0.125. The minimum atomic E-state index is -3.91. The number of imide groups is 1. The molecule has 1 aliphatic rings. The molecular weight excluding hydrogens is 476 g/mol. The zero-order chi connectivity index (χ0) is 24.3. The fraction of sp³-hybridized carbons (Fsp3) is 0.304. The molecule has 2 heterocycles. The van der Waals surface area contributed by atoms with Gasteiger partial charge in [-0.3, -0.25) is 9.69 Å². The molecule has 0 bridgehead atoms. The zero-order valence-corrected chi connectivity index (χ0v) is 20.3. The second kappa shape index (κ2) is 10.2. The van der Waals surface area contributed by atoms with Crippen LogP contribution in [0.25, 0.3) is 10.1 Å². The van der Waals surface area contributed by atoms with Crippen LogP contribution in [0.2, 0.25) is 0 Å². The van der Waals surface area contributed by atoms with Crippen LogP contribution in [0.1, 0.15) is 17.2 Å². The van der Waals surface area contributed by atoms with Gasteiger partial charge >= 0.3 is 6.03 Å². The molecule has 0 unspecified atom stereocenters. The Morgan fingerprint density at radius 3 is 2.59 bits per heavy atom. The summed E-state index contributed by atoms with van der Waals surface area (Å²) in [5.41, 5.74) is 3.41. The molecule has 34 heavy (non-hydrogen) atoms. The zero-order valence-electron chi connectivity index (χ0n) is 18.6. The van der Waals surface area contributed by atoms with Gasteiger partial charge in [-0.2, -0.15) is 4.31 Å². The average molecular weight is 503 g/mol. The van der Waals surface area contributed by atoms with Crippen molar-refractivity contribution in [3.8, 4) is 0 Å². The van der Waals surface area contributed by atoms with Crippen molar-refractivity contribution in [1.82, 2.24) is 19.6 Å². The molecule has 0 spiro atoms. The highest BCUT2D eigenvalue weighted by Gasteiger charge is 2.36. The molecule has 3 amide bonds.